The van der Waals surface area contributed by atoms with E-state index in [0.29, 0.717) is 5.56 Å². The Morgan fingerprint density at radius 1 is 0.593 bits per heavy atom. The van der Waals surface area contributed by atoms with Gasteiger partial charge in [0, 0.05) is 28.1 Å². The zero-order valence-electron chi connectivity index (χ0n) is 18.3. The van der Waals surface area contributed by atoms with Crippen molar-refractivity contribution < 1.29 is 4.11 Å². The van der Waals surface area contributed by atoms with Crippen LogP contribution in [0.15, 0.2) is 103 Å². The van der Waals surface area contributed by atoms with Crippen molar-refractivity contribution in [2.75, 3.05) is 11.9 Å². The minimum absolute atomic E-state index is 0.366. The van der Waals surface area contributed by atoms with Crippen molar-refractivity contribution in [3.63, 3.8) is 0 Å². The molecule has 0 saturated carbocycles. The average Bonchev–Trinajstić information content (AvgIpc) is 2.79. The predicted octanol–water partition coefficient (Wildman–Crippen LogP) is 7.10. The molecule has 0 amide bonds. The summed E-state index contributed by atoms with van der Waals surface area (Å²) in [5.41, 5.74) is 6.34. The molecule has 0 saturated heterocycles. The van der Waals surface area contributed by atoms with Crippen LogP contribution in [-0.2, 0) is 0 Å². The van der Waals surface area contributed by atoms with Gasteiger partial charge in [-0.3, -0.25) is 0 Å². The van der Waals surface area contributed by atoms with Crippen molar-refractivity contribution in [1.29, 1.82) is 0 Å². The first-order valence-electron chi connectivity index (χ1n) is 10.5. The molecule has 0 atom stereocenters. The fourth-order valence-corrected chi connectivity index (χ4v) is 3.36. The predicted molar refractivity (Wildman–Crippen MR) is 117 cm³/mol. The molecular formula is C26H23N. The van der Waals surface area contributed by atoms with E-state index in [4.69, 9.17) is 4.11 Å². The number of rotatable bonds is 4. The van der Waals surface area contributed by atoms with E-state index in [2.05, 4.69) is 41.3 Å². The first-order chi connectivity index (χ1) is 14.4. The molecule has 4 aromatic carbocycles. The molecule has 0 spiro atoms. The van der Waals surface area contributed by atoms with E-state index in [1.165, 1.54) is 5.56 Å². The van der Waals surface area contributed by atoms with Crippen molar-refractivity contribution in [3.8, 4) is 22.3 Å². The number of hydrogen-bond acceptors (Lipinski definition) is 1. The Labute approximate surface area is 165 Å². The molecule has 0 aromatic heterocycles. The Morgan fingerprint density at radius 3 is 1.93 bits per heavy atom. The third-order valence-electron chi connectivity index (χ3n) is 4.84. The van der Waals surface area contributed by atoms with Crippen molar-refractivity contribution in [1.82, 2.24) is 0 Å². The van der Waals surface area contributed by atoms with Gasteiger partial charge in [-0.25, -0.2) is 0 Å². The third kappa shape index (κ3) is 3.50. The van der Waals surface area contributed by atoms with Crippen molar-refractivity contribution in [2.45, 2.75) is 6.85 Å². The highest BCUT2D eigenvalue weighted by atomic mass is 15.1. The van der Waals surface area contributed by atoms with Crippen LogP contribution in [-0.4, -0.2) is 7.05 Å². The first kappa shape index (κ1) is 13.8. The molecule has 4 aromatic rings. The minimum Gasteiger partial charge on any atom is -0.344 e. The molecule has 0 aliphatic heterocycles. The van der Waals surface area contributed by atoms with Gasteiger partial charge >= 0.3 is 0 Å². The lowest BCUT2D eigenvalue weighted by molar-refractivity contribution is 1.21. The van der Waals surface area contributed by atoms with E-state index in [-0.39, 0.29) is 0 Å². The molecule has 1 heteroatoms. The Kier molecular flexibility index (Phi) is 3.85. The van der Waals surface area contributed by atoms with Crippen LogP contribution in [0.4, 0.5) is 11.4 Å². The largest absolute Gasteiger partial charge is 0.344 e. The van der Waals surface area contributed by atoms with Gasteiger partial charge in [-0.2, -0.15) is 0 Å². The van der Waals surface area contributed by atoms with E-state index in [1.807, 2.05) is 61.6 Å². The monoisotopic (exact) mass is 352 g/mol. The molecule has 0 bridgehead atoms. The van der Waals surface area contributed by atoms with Gasteiger partial charge in [0.05, 0.1) is 0 Å². The fraction of sp³-hybridized carbons (Fsp3) is 0.0769. The number of benzene rings is 4. The molecule has 0 aliphatic rings. The zero-order chi connectivity index (χ0) is 21.1. The standard InChI is InChI=1S/C26H23N/c1-20-10-6-7-13-24(20)25-14-8-9-15-26(25)27(2)23-18-16-22(17-19-23)21-11-4-3-5-12-21/h3-19H,1-2H3/i1D3. The molecule has 1 nitrogen and oxygen atoms in total. The zero-order valence-corrected chi connectivity index (χ0v) is 15.3. The van der Waals surface area contributed by atoms with Crippen LogP contribution in [0.3, 0.4) is 0 Å². The number of anilines is 2. The van der Waals surface area contributed by atoms with Crippen LogP contribution in [0.1, 0.15) is 9.68 Å². The van der Waals surface area contributed by atoms with Crippen LogP contribution in [0, 0.1) is 6.85 Å². The summed E-state index contributed by atoms with van der Waals surface area (Å²) in [5.74, 6) is 0. The Morgan fingerprint density at radius 2 is 1.19 bits per heavy atom. The quantitative estimate of drug-likeness (QED) is 0.379. The average molecular weight is 352 g/mol. The van der Waals surface area contributed by atoms with E-state index in [9.17, 15) is 0 Å². The molecule has 0 heterocycles. The maximum absolute atomic E-state index is 7.93. The van der Waals surface area contributed by atoms with Crippen LogP contribution >= 0.6 is 0 Å². The van der Waals surface area contributed by atoms with Gasteiger partial charge in [0.15, 0.2) is 0 Å². The molecule has 0 radical (unpaired) electrons. The molecule has 0 aliphatic carbocycles. The molecule has 4 rings (SSSR count). The maximum atomic E-state index is 7.93. The van der Waals surface area contributed by atoms with Gasteiger partial charge in [0.25, 0.3) is 0 Å². The van der Waals surface area contributed by atoms with Crippen LogP contribution < -0.4 is 4.90 Å². The summed E-state index contributed by atoms with van der Waals surface area (Å²) in [5, 5.41) is 0. The molecule has 0 unspecified atom stereocenters. The summed E-state index contributed by atoms with van der Waals surface area (Å²) in [6, 6.07) is 33.8. The lowest BCUT2D eigenvalue weighted by Gasteiger charge is -2.23. The second-order valence-electron chi connectivity index (χ2n) is 6.53. The van der Waals surface area contributed by atoms with E-state index in [1.54, 1.807) is 12.1 Å². The lowest BCUT2D eigenvalue weighted by Crippen LogP contribution is -2.10. The van der Waals surface area contributed by atoms with Crippen LogP contribution in [0.25, 0.3) is 22.3 Å². The number of hydrogen-bond donors (Lipinski definition) is 0. The second-order valence-corrected chi connectivity index (χ2v) is 6.53. The highest BCUT2D eigenvalue weighted by Crippen LogP contribution is 2.36. The SMILES string of the molecule is [2H]C([2H])([2H])c1ccccc1-c1ccccc1N(C)c1ccc(-c2ccccc2)cc1. The summed E-state index contributed by atoms with van der Waals surface area (Å²) in [6.45, 7) is -2.17. The summed E-state index contributed by atoms with van der Waals surface area (Å²) in [4.78, 5) is 2.10. The van der Waals surface area contributed by atoms with Crippen molar-refractivity contribution >= 4 is 11.4 Å². The van der Waals surface area contributed by atoms with Crippen LogP contribution in [0.5, 0.6) is 0 Å². The summed E-state index contributed by atoms with van der Waals surface area (Å²) >= 11 is 0. The maximum Gasteiger partial charge on any atom is 0.0487 e. The second kappa shape index (κ2) is 7.51. The lowest BCUT2D eigenvalue weighted by atomic mass is 9.98. The van der Waals surface area contributed by atoms with Gasteiger partial charge in [-0.05, 0) is 47.3 Å². The van der Waals surface area contributed by atoms with Gasteiger partial charge in [-0.1, -0.05) is 84.9 Å². The Balaban J connectivity index is 1.73. The summed E-state index contributed by atoms with van der Waals surface area (Å²) in [7, 11) is 2.01. The Bertz CT molecular complexity index is 1130. The van der Waals surface area contributed by atoms with E-state index < -0.39 is 6.85 Å². The molecular weight excluding hydrogens is 326 g/mol. The number of aryl methyl sites for hydroxylation is 1. The highest BCUT2D eigenvalue weighted by Gasteiger charge is 2.12. The van der Waals surface area contributed by atoms with E-state index in [0.717, 1.165) is 28.1 Å². The molecule has 132 valence electrons. The molecule has 27 heavy (non-hydrogen) atoms. The third-order valence-corrected chi connectivity index (χ3v) is 4.84. The normalized spacial score (nSPS) is 12.7. The first-order valence-corrected chi connectivity index (χ1v) is 9.03. The number of nitrogens with zero attached hydrogens (tertiary/aromatic N) is 1. The van der Waals surface area contributed by atoms with Gasteiger partial charge in [0.2, 0.25) is 0 Å². The van der Waals surface area contributed by atoms with Gasteiger partial charge in [0.1, 0.15) is 0 Å². The smallest absolute Gasteiger partial charge is 0.0487 e. The number of para-hydroxylation sites is 1. The highest BCUT2D eigenvalue weighted by molar-refractivity contribution is 5.84. The fourth-order valence-electron chi connectivity index (χ4n) is 3.36. The molecule has 0 N–H and O–H groups in total. The van der Waals surface area contributed by atoms with Crippen molar-refractivity contribution in [3.05, 3.63) is 109 Å². The summed E-state index contributed by atoms with van der Waals surface area (Å²) < 4.78 is 23.8. The molecule has 0 fully saturated rings. The minimum atomic E-state index is -2.17. The van der Waals surface area contributed by atoms with Gasteiger partial charge in [-0.15, -0.1) is 0 Å². The topological polar surface area (TPSA) is 3.24 Å². The van der Waals surface area contributed by atoms with Crippen molar-refractivity contribution in [2.24, 2.45) is 0 Å². The van der Waals surface area contributed by atoms with Gasteiger partial charge < -0.3 is 4.90 Å². The van der Waals surface area contributed by atoms with E-state index >= 15 is 0 Å². The van der Waals surface area contributed by atoms with Crippen LogP contribution in [0.2, 0.25) is 0 Å². The Hall–Kier alpha value is -3.32. The summed E-state index contributed by atoms with van der Waals surface area (Å²) in [6.07, 6.45) is 0.